The normalized spacial score (nSPS) is 16.8. The van der Waals surface area contributed by atoms with Gasteiger partial charge in [-0.05, 0) is 29.7 Å². The number of anilines is 1. The van der Waals surface area contributed by atoms with E-state index in [9.17, 15) is 14.7 Å². The van der Waals surface area contributed by atoms with Gasteiger partial charge in [-0.15, -0.1) is 0 Å². The van der Waals surface area contributed by atoms with Crippen LogP contribution >= 0.6 is 11.6 Å². The molecule has 5 rings (SSSR count). The molecule has 0 aliphatic carbocycles. The van der Waals surface area contributed by atoms with Crippen LogP contribution in [-0.2, 0) is 9.59 Å². The average molecular weight is 407 g/mol. The highest BCUT2D eigenvalue weighted by atomic mass is 35.5. The van der Waals surface area contributed by atoms with Crippen molar-refractivity contribution in [2.75, 3.05) is 11.4 Å². The summed E-state index contributed by atoms with van der Waals surface area (Å²) in [6.45, 7) is 0.155. The Morgan fingerprint density at radius 3 is 2.72 bits per heavy atom. The minimum absolute atomic E-state index is 0.00574. The Bertz CT molecular complexity index is 1300. The highest BCUT2D eigenvalue weighted by Crippen LogP contribution is 2.35. The third-order valence-electron chi connectivity index (χ3n) is 5.26. The standard InChI is InChI=1S/C22H15ClN2O4/c23-17-6-2-3-14-15(17)4-1-5-16(14)21-24-18-8-7-13(10-19(18)29-21)25-11-12(22(27)28)9-20(25)26/h1-8,10,12H,9,11H2,(H,27,28)/t12-/m0/s1. The van der Waals surface area contributed by atoms with Crippen molar-refractivity contribution in [2.24, 2.45) is 5.92 Å². The first kappa shape index (κ1) is 17.7. The van der Waals surface area contributed by atoms with E-state index in [2.05, 4.69) is 4.98 Å². The van der Waals surface area contributed by atoms with E-state index in [0.717, 1.165) is 16.3 Å². The number of carboxylic acids is 1. The molecule has 0 unspecified atom stereocenters. The number of carbonyl (C=O) groups excluding carboxylic acids is 1. The van der Waals surface area contributed by atoms with Crippen LogP contribution in [0.5, 0.6) is 0 Å². The van der Waals surface area contributed by atoms with Gasteiger partial charge in [-0.25, -0.2) is 4.98 Å². The molecule has 3 aromatic carbocycles. The lowest BCUT2D eigenvalue weighted by Crippen LogP contribution is -2.25. The molecule has 1 atom stereocenters. The molecule has 1 aliphatic rings. The predicted molar refractivity (Wildman–Crippen MR) is 110 cm³/mol. The molecule has 144 valence electrons. The molecular weight excluding hydrogens is 392 g/mol. The van der Waals surface area contributed by atoms with E-state index in [-0.39, 0.29) is 18.9 Å². The molecule has 0 bridgehead atoms. The first-order valence-electron chi connectivity index (χ1n) is 9.12. The number of halogens is 1. The molecule has 29 heavy (non-hydrogen) atoms. The quantitative estimate of drug-likeness (QED) is 0.531. The maximum atomic E-state index is 12.2. The lowest BCUT2D eigenvalue weighted by molar-refractivity contribution is -0.141. The molecule has 0 saturated carbocycles. The molecule has 1 fully saturated rings. The van der Waals surface area contributed by atoms with Gasteiger partial charge in [0.15, 0.2) is 5.58 Å². The number of rotatable bonds is 3. The topological polar surface area (TPSA) is 83.6 Å². The fourth-order valence-electron chi connectivity index (χ4n) is 3.78. The molecule has 1 aliphatic heterocycles. The van der Waals surface area contributed by atoms with Crippen LogP contribution in [0, 0.1) is 5.92 Å². The number of carbonyl (C=O) groups is 2. The molecule has 1 saturated heterocycles. The van der Waals surface area contributed by atoms with E-state index >= 15 is 0 Å². The van der Waals surface area contributed by atoms with Crippen molar-refractivity contribution in [2.45, 2.75) is 6.42 Å². The largest absolute Gasteiger partial charge is 0.481 e. The van der Waals surface area contributed by atoms with Crippen molar-refractivity contribution in [1.82, 2.24) is 4.98 Å². The summed E-state index contributed by atoms with van der Waals surface area (Å²) in [6.07, 6.45) is 0.00574. The van der Waals surface area contributed by atoms with E-state index in [0.29, 0.717) is 27.7 Å². The summed E-state index contributed by atoms with van der Waals surface area (Å²) < 4.78 is 6.00. The van der Waals surface area contributed by atoms with E-state index in [1.165, 1.54) is 4.90 Å². The van der Waals surface area contributed by atoms with Gasteiger partial charge in [0.25, 0.3) is 0 Å². The maximum Gasteiger partial charge on any atom is 0.308 e. The Labute approximate surface area is 170 Å². The second kappa shape index (κ2) is 6.60. The van der Waals surface area contributed by atoms with Gasteiger partial charge in [-0.3, -0.25) is 9.59 Å². The zero-order chi connectivity index (χ0) is 20.1. The second-order valence-corrected chi connectivity index (χ2v) is 7.46. The van der Waals surface area contributed by atoms with E-state index < -0.39 is 11.9 Å². The van der Waals surface area contributed by atoms with Crippen LogP contribution in [0.2, 0.25) is 5.02 Å². The number of hydrogen-bond acceptors (Lipinski definition) is 4. The fraction of sp³-hybridized carbons (Fsp3) is 0.136. The summed E-state index contributed by atoms with van der Waals surface area (Å²) >= 11 is 6.31. The molecule has 1 aromatic heterocycles. The van der Waals surface area contributed by atoms with Crippen LogP contribution in [-0.4, -0.2) is 28.5 Å². The Morgan fingerprint density at radius 1 is 1.14 bits per heavy atom. The molecule has 2 heterocycles. The number of aliphatic carboxylic acids is 1. The van der Waals surface area contributed by atoms with Crippen molar-refractivity contribution < 1.29 is 19.1 Å². The molecule has 6 nitrogen and oxygen atoms in total. The van der Waals surface area contributed by atoms with Crippen molar-refractivity contribution >= 4 is 51.0 Å². The summed E-state index contributed by atoms with van der Waals surface area (Å²) in [5.41, 5.74) is 2.62. The number of oxazole rings is 1. The SMILES string of the molecule is O=C(O)[C@H]1CC(=O)N(c2ccc3nc(-c4cccc5c(Cl)cccc45)oc3c2)C1. The summed E-state index contributed by atoms with van der Waals surface area (Å²) in [5.74, 6) is -1.40. The molecule has 4 aromatic rings. The number of fused-ring (bicyclic) bond motifs is 2. The van der Waals surface area contributed by atoms with E-state index in [1.54, 1.807) is 18.2 Å². The second-order valence-electron chi connectivity index (χ2n) is 7.06. The predicted octanol–water partition coefficient (Wildman–Crippen LogP) is 4.74. The smallest absolute Gasteiger partial charge is 0.308 e. The molecule has 7 heteroatoms. The summed E-state index contributed by atoms with van der Waals surface area (Å²) in [4.78, 5) is 29.5. The maximum absolute atomic E-state index is 12.2. The minimum atomic E-state index is -0.960. The van der Waals surface area contributed by atoms with Gasteiger partial charge in [0.2, 0.25) is 11.8 Å². The monoisotopic (exact) mass is 406 g/mol. The van der Waals surface area contributed by atoms with Crippen LogP contribution < -0.4 is 4.90 Å². The zero-order valence-corrected chi connectivity index (χ0v) is 15.9. The summed E-state index contributed by atoms with van der Waals surface area (Å²) in [6, 6.07) is 16.7. The Hall–Kier alpha value is -3.38. The number of amides is 1. The van der Waals surface area contributed by atoms with Crippen molar-refractivity contribution in [3.8, 4) is 11.5 Å². The molecule has 0 spiro atoms. The van der Waals surface area contributed by atoms with Crippen LogP contribution in [0.1, 0.15) is 6.42 Å². The van der Waals surface area contributed by atoms with Gasteiger partial charge in [0.1, 0.15) is 5.52 Å². The van der Waals surface area contributed by atoms with Crippen molar-refractivity contribution in [1.29, 1.82) is 0 Å². The van der Waals surface area contributed by atoms with Gasteiger partial charge in [-0.1, -0.05) is 35.9 Å². The minimum Gasteiger partial charge on any atom is -0.481 e. The van der Waals surface area contributed by atoms with Gasteiger partial charge in [0.05, 0.1) is 5.92 Å². The summed E-state index contributed by atoms with van der Waals surface area (Å²) in [7, 11) is 0. The highest BCUT2D eigenvalue weighted by Gasteiger charge is 2.35. The van der Waals surface area contributed by atoms with Crippen LogP contribution in [0.4, 0.5) is 5.69 Å². The lowest BCUT2D eigenvalue weighted by Gasteiger charge is -2.15. The van der Waals surface area contributed by atoms with Crippen LogP contribution in [0.25, 0.3) is 33.3 Å². The first-order valence-corrected chi connectivity index (χ1v) is 9.50. The fourth-order valence-corrected chi connectivity index (χ4v) is 4.01. The number of aromatic nitrogens is 1. The third kappa shape index (κ3) is 2.93. The van der Waals surface area contributed by atoms with Gasteiger partial charge < -0.3 is 14.4 Å². The lowest BCUT2D eigenvalue weighted by atomic mass is 10.0. The van der Waals surface area contributed by atoms with E-state index in [4.69, 9.17) is 16.0 Å². The molecular formula is C22H15ClN2O4. The number of carboxylic acid groups (broad SMARTS) is 1. The Kier molecular flexibility index (Phi) is 4.03. The number of hydrogen-bond donors (Lipinski definition) is 1. The third-order valence-corrected chi connectivity index (χ3v) is 5.59. The number of benzene rings is 3. The van der Waals surface area contributed by atoms with E-state index in [1.807, 2.05) is 36.4 Å². The zero-order valence-electron chi connectivity index (χ0n) is 15.1. The molecule has 0 radical (unpaired) electrons. The van der Waals surface area contributed by atoms with Gasteiger partial charge >= 0.3 is 5.97 Å². The van der Waals surface area contributed by atoms with Crippen LogP contribution in [0.3, 0.4) is 0 Å². The first-order chi connectivity index (χ1) is 14.0. The highest BCUT2D eigenvalue weighted by molar-refractivity contribution is 6.35. The molecule has 1 N–H and O–H groups in total. The number of nitrogens with zero attached hydrogens (tertiary/aromatic N) is 2. The Morgan fingerprint density at radius 2 is 1.93 bits per heavy atom. The van der Waals surface area contributed by atoms with Gasteiger partial charge in [-0.2, -0.15) is 0 Å². The summed E-state index contributed by atoms with van der Waals surface area (Å²) in [5, 5.41) is 11.7. The van der Waals surface area contributed by atoms with Crippen LogP contribution in [0.15, 0.2) is 59.0 Å². The Balaban J connectivity index is 1.57. The van der Waals surface area contributed by atoms with Crippen molar-refractivity contribution in [3.63, 3.8) is 0 Å². The van der Waals surface area contributed by atoms with Gasteiger partial charge in [0, 0.05) is 40.7 Å². The molecule has 1 amide bonds. The average Bonchev–Trinajstić information content (AvgIpc) is 3.31. The van der Waals surface area contributed by atoms with Crippen molar-refractivity contribution in [3.05, 3.63) is 59.6 Å².